The van der Waals surface area contributed by atoms with E-state index in [1.165, 1.54) is 12.1 Å². The van der Waals surface area contributed by atoms with Crippen LogP contribution >= 0.6 is 0 Å². The zero-order chi connectivity index (χ0) is 17.8. The Morgan fingerprint density at radius 3 is 2.52 bits per heavy atom. The number of nitrogens with one attached hydrogen (secondary N) is 2. The number of carbonyl (C=O) groups is 1. The largest absolute Gasteiger partial charge is 0.354 e. The summed E-state index contributed by atoms with van der Waals surface area (Å²) in [7, 11) is 0. The number of halogens is 1. The van der Waals surface area contributed by atoms with Crippen molar-refractivity contribution in [2.24, 2.45) is 0 Å². The van der Waals surface area contributed by atoms with Gasteiger partial charge >= 0.3 is 0 Å². The first kappa shape index (κ1) is 16.6. The lowest BCUT2D eigenvalue weighted by Crippen LogP contribution is -2.14. The van der Waals surface area contributed by atoms with Crippen molar-refractivity contribution >= 4 is 23.0 Å². The number of hydrogen-bond acceptors (Lipinski definition) is 3. The van der Waals surface area contributed by atoms with Crippen LogP contribution in [-0.4, -0.2) is 10.9 Å². The molecule has 3 aromatic rings. The third kappa shape index (κ3) is 4.20. The minimum absolute atomic E-state index is 0.274. The molecule has 1 heterocycles. The minimum atomic E-state index is -0.317. The monoisotopic (exact) mass is 335 g/mol. The lowest BCUT2D eigenvalue weighted by molar-refractivity contribution is 0.102. The Kier molecular flexibility index (Phi) is 4.75. The third-order valence-electron chi connectivity index (χ3n) is 3.74. The Bertz CT molecular complexity index is 907. The summed E-state index contributed by atoms with van der Waals surface area (Å²) in [5.74, 6) is -0.591. The lowest BCUT2D eigenvalue weighted by Gasteiger charge is -2.10. The average molecular weight is 335 g/mol. The molecule has 2 aromatic carbocycles. The fraction of sp³-hybridized carbons (Fsp3) is 0.100. The van der Waals surface area contributed by atoms with Gasteiger partial charge in [-0.15, -0.1) is 0 Å². The maximum atomic E-state index is 13.2. The van der Waals surface area contributed by atoms with Crippen LogP contribution in [0.5, 0.6) is 0 Å². The van der Waals surface area contributed by atoms with Crippen molar-refractivity contribution in [3.05, 3.63) is 83.4 Å². The van der Waals surface area contributed by atoms with E-state index in [2.05, 4.69) is 15.6 Å². The molecule has 0 aliphatic carbocycles. The number of benzene rings is 2. The number of hydrogen-bond donors (Lipinski definition) is 2. The molecule has 5 heteroatoms. The topological polar surface area (TPSA) is 54.0 Å². The SMILES string of the molecule is Cc1ccc(NC(=O)c2ccc(Nc3cccc(F)c3)cn2)c(C)c1. The minimum Gasteiger partial charge on any atom is -0.354 e. The summed E-state index contributed by atoms with van der Waals surface area (Å²) >= 11 is 0. The van der Waals surface area contributed by atoms with Gasteiger partial charge in [0.05, 0.1) is 11.9 Å². The van der Waals surface area contributed by atoms with Crippen molar-refractivity contribution in [1.82, 2.24) is 4.98 Å². The number of anilines is 3. The predicted molar refractivity (Wildman–Crippen MR) is 97.8 cm³/mol. The van der Waals surface area contributed by atoms with Crippen LogP contribution < -0.4 is 10.6 Å². The molecule has 1 amide bonds. The van der Waals surface area contributed by atoms with Crippen LogP contribution in [-0.2, 0) is 0 Å². The summed E-state index contributed by atoms with van der Waals surface area (Å²) in [5, 5.41) is 5.90. The summed E-state index contributed by atoms with van der Waals surface area (Å²) in [6.45, 7) is 3.95. The van der Waals surface area contributed by atoms with Gasteiger partial charge in [0.1, 0.15) is 11.5 Å². The molecule has 25 heavy (non-hydrogen) atoms. The van der Waals surface area contributed by atoms with E-state index in [-0.39, 0.29) is 11.7 Å². The lowest BCUT2D eigenvalue weighted by atomic mass is 10.1. The molecule has 0 aliphatic heterocycles. The molecule has 0 unspecified atom stereocenters. The molecule has 126 valence electrons. The maximum absolute atomic E-state index is 13.2. The smallest absolute Gasteiger partial charge is 0.274 e. The van der Waals surface area contributed by atoms with Gasteiger partial charge < -0.3 is 10.6 Å². The van der Waals surface area contributed by atoms with E-state index in [0.717, 1.165) is 16.8 Å². The number of nitrogens with zero attached hydrogens (tertiary/aromatic N) is 1. The van der Waals surface area contributed by atoms with E-state index in [1.54, 1.807) is 30.5 Å². The molecule has 2 N–H and O–H groups in total. The first-order chi connectivity index (χ1) is 12.0. The number of pyridine rings is 1. The maximum Gasteiger partial charge on any atom is 0.274 e. The Morgan fingerprint density at radius 2 is 1.84 bits per heavy atom. The molecular formula is C20H18FN3O. The van der Waals surface area contributed by atoms with Crippen molar-refractivity contribution in [3.63, 3.8) is 0 Å². The highest BCUT2D eigenvalue weighted by molar-refractivity contribution is 6.03. The van der Waals surface area contributed by atoms with Crippen molar-refractivity contribution in [1.29, 1.82) is 0 Å². The van der Waals surface area contributed by atoms with Crippen LogP contribution in [0, 0.1) is 19.7 Å². The molecular weight excluding hydrogens is 317 g/mol. The van der Waals surface area contributed by atoms with Crippen molar-refractivity contribution in [2.75, 3.05) is 10.6 Å². The molecule has 0 fully saturated rings. The van der Waals surface area contributed by atoms with Crippen LogP contribution in [0.25, 0.3) is 0 Å². The standard InChI is InChI=1S/C20H18FN3O/c1-13-6-8-18(14(2)10-13)24-20(25)19-9-7-17(12-22-19)23-16-5-3-4-15(21)11-16/h3-12,23H,1-2H3,(H,24,25). The van der Waals surface area contributed by atoms with Gasteiger partial charge in [0, 0.05) is 11.4 Å². The van der Waals surface area contributed by atoms with Gasteiger partial charge in [0.25, 0.3) is 5.91 Å². The Labute approximate surface area is 145 Å². The summed E-state index contributed by atoms with van der Waals surface area (Å²) in [6.07, 6.45) is 1.54. The summed E-state index contributed by atoms with van der Waals surface area (Å²) in [5.41, 5.74) is 4.51. The first-order valence-corrected chi connectivity index (χ1v) is 7.88. The molecule has 0 spiro atoms. The predicted octanol–water partition coefficient (Wildman–Crippen LogP) is 4.83. The Balaban J connectivity index is 1.70. The van der Waals surface area contributed by atoms with Crippen LogP contribution in [0.1, 0.15) is 21.6 Å². The van der Waals surface area contributed by atoms with Gasteiger partial charge in [-0.3, -0.25) is 4.79 Å². The van der Waals surface area contributed by atoms with E-state index < -0.39 is 0 Å². The van der Waals surface area contributed by atoms with E-state index in [1.807, 2.05) is 32.0 Å². The molecule has 0 atom stereocenters. The van der Waals surface area contributed by atoms with Crippen LogP contribution in [0.4, 0.5) is 21.5 Å². The van der Waals surface area contributed by atoms with Gasteiger partial charge in [0.15, 0.2) is 0 Å². The zero-order valence-corrected chi connectivity index (χ0v) is 14.0. The molecule has 0 aliphatic rings. The van der Waals surface area contributed by atoms with Crippen LogP contribution in [0.2, 0.25) is 0 Å². The molecule has 0 bridgehead atoms. The number of rotatable bonds is 4. The third-order valence-corrected chi connectivity index (χ3v) is 3.74. The second-order valence-electron chi connectivity index (χ2n) is 5.84. The average Bonchev–Trinajstić information content (AvgIpc) is 2.58. The highest BCUT2D eigenvalue weighted by Gasteiger charge is 2.09. The quantitative estimate of drug-likeness (QED) is 0.718. The number of carbonyl (C=O) groups excluding carboxylic acids is 1. The van der Waals surface area contributed by atoms with Crippen LogP contribution in [0.15, 0.2) is 60.8 Å². The number of amides is 1. The number of aryl methyl sites for hydroxylation is 2. The van der Waals surface area contributed by atoms with Gasteiger partial charge in [-0.05, 0) is 55.8 Å². The molecule has 0 saturated carbocycles. The summed E-state index contributed by atoms with van der Waals surface area (Å²) in [4.78, 5) is 16.5. The highest BCUT2D eigenvalue weighted by Crippen LogP contribution is 2.19. The van der Waals surface area contributed by atoms with E-state index in [0.29, 0.717) is 17.1 Å². The molecule has 1 aromatic heterocycles. The fourth-order valence-electron chi connectivity index (χ4n) is 2.48. The van der Waals surface area contributed by atoms with Crippen molar-refractivity contribution in [2.45, 2.75) is 13.8 Å². The van der Waals surface area contributed by atoms with Crippen LogP contribution in [0.3, 0.4) is 0 Å². The van der Waals surface area contributed by atoms with Gasteiger partial charge in [0.2, 0.25) is 0 Å². The molecule has 0 radical (unpaired) electrons. The van der Waals surface area contributed by atoms with E-state index in [4.69, 9.17) is 0 Å². The van der Waals surface area contributed by atoms with Crippen molar-refractivity contribution < 1.29 is 9.18 Å². The zero-order valence-electron chi connectivity index (χ0n) is 14.0. The Morgan fingerprint density at radius 1 is 1.00 bits per heavy atom. The molecule has 4 nitrogen and oxygen atoms in total. The summed E-state index contributed by atoms with van der Waals surface area (Å²) < 4.78 is 13.2. The summed E-state index contributed by atoms with van der Waals surface area (Å²) in [6, 6.07) is 15.3. The van der Waals surface area contributed by atoms with Gasteiger partial charge in [-0.25, -0.2) is 9.37 Å². The fourth-order valence-corrected chi connectivity index (χ4v) is 2.48. The van der Waals surface area contributed by atoms with Gasteiger partial charge in [-0.1, -0.05) is 23.8 Å². The molecule has 3 rings (SSSR count). The van der Waals surface area contributed by atoms with E-state index in [9.17, 15) is 9.18 Å². The van der Waals surface area contributed by atoms with E-state index >= 15 is 0 Å². The highest BCUT2D eigenvalue weighted by atomic mass is 19.1. The Hall–Kier alpha value is -3.21. The second-order valence-corrected chi connectivity index (χ2v) is 5.84. The number of aromatic nitrogens is 1. The second kappa shape index (κ2) is 7.13. The van der Waals surface area contributed by atoms with Gasteiger partial charge in [-0.2, -0.15) is 0 Å². The first-order valence-electron chi connectivity index (χ1n) is 7.88. The molecule has 0 saturated heterocycles. The normalized spacial score (nSPS) is 10.4. The van der Waals surface area contributed by atoms with Crippen molar-refractivity contribution in [3.8, 4) is 0 Å².